The number of ether oxygens (including phenoxy) is 2. The van der Waals surface area contributed by atoms with Gasteiger partial charge in [-0.3, -0.25) is 4.79 Å². The van der Waals surface area contributed by atoms with E-state index in [9.17, 15) is 9.90 Å². The van der Waals surface area contributed by atoms with Gasteiger partial charge in [0.15, 0.2) is 18.1 Å². The molecular weight excluding hydrogens is 332 g/mol. The van der Waals surface area contributed by atoms with Crippen LogP contribution in [-0.2, 0) is 10.2 Å². The first-order valence-electron chi connectivity index (χ1n) is 8.22. The number of phenolic OH excluding ortho intramolecular Hbond substituents is 1. The maximum absolute atomic E-state index is 11.8. The summed E-state index contributed by atoms with van der Waals surface area (Å²) < 4.78 is 10.5. The molecule has 0 aliphatic heterocycles. The van der Waals surface area contributed by atoms with Crippen LogP contribution >= 0.6 is 0 Å². The van der Waals surface area contributed by atoms with Gasteiger partial charge in [0.2, 0.25) is 0 Å². The summed E-state index contributed by atoms with van der Waals surface area (Å²) in [5, 5.41) is 13.7. The van der Waals surface area contributed by atoms with E-state index in [0.717, 1.165) is 0 Å². The van der Waals surface area contributed by atoms with E-state index in [0.29, 0.717) is 17.1 Å². The monoisotopic (exact) mass is 356 g/mol. The minimum atomic E-state index is -0.400. The summed E-state index contributed by atoms with van der Waals surface area (Å²) in [5.74, 6) is 0.511. The van der Waals surface area contributed by atoms with E-state index < -0.39 is 5.91 Å². The molecule has 0 spiro atoms. The van der Waals surface area contributed by atoms with Crippen LogP contribution in [0.1, 0.15) is 31.9 Å². The van der Waals surface area contributed by atoms with Crippen LogP contribution in [0.4, 0.5) is 0 Å². The third kappa shape index (κ3) is 5.24. The second-order valence-corrected chi connectivity index (χ2v) is 6.75. The van der Waals surface area contributed by atoms with Gasteiger partial charge in [0.25, 0.3) is 5.91 Å². The Hall–Kier alpha value is -3.02. The van der Waals surface area contributed by atoms with Crippen molar-refractivity contribution < 1.29 is 19.4 Å². The van der Waals surface area contributed by atoms with Gasteiger partial charge in [-0.2, -0.15) is 5.10 Å². The number of rotatable bonds is 6. The van der Waals surface area contributed by atoms with E-state index in [1.54, 1.807) is 18.2 Å². The molecule has 0 aliphatic carbocycles. The number of carbonyl (C=O) groups is 1. The average Bonchev–Trinajstić information content (AvgIpc) is 2.61. The Morgan fingerprint density at radius 2 is 1.88 bits per heavy atom. The molecule has 26 heavy (non-hydrogen) atoms. The van der Waals surface area contributed by atoms with Gasteiger partial charge in [-0.25, -0.2) is 5.43 Å². The molecule has 6 nitrogen and oxygen atoms in total. The first-order chi connectivity index (χ1) is 12.3. The summed E-state index contributed by atoms with van der Waals surface area (Å²) in [4.78, 5) is 11.8. The van der Waals surface area contributed by atoms with Crippen molar-refractivity contribution in [1.29, 1.82) is 0 Å². The van der Waals surface area contributed by atoms with Crippen molar-refractivity contribution in [3.8, 4) is 17.2 Å². The zero-order chi connectivity index (χ0) is 19.2. The van der Waals surface area contributed by atoms with E-state index in [2.05, 4.69) is 31.3 Å². The minimum Gasteiger partial charge on any atom is -0.504 e. The highest BCUT2D eigenvalue weighted by Gasteiger charge is 2.13. The van der Waals surface area contributed by atoms with E-state index in [1.807, 2.05) is 24.3 Å². The molecule has 0 saturated heterocycles. The van der Waals surface area contributed by atoms with Crippen molar-refractivity contribution in [2.24, 2.45) is 5.10 Å². The summed E-state index contributed by atoms with van der Waals surface area (Å²) in [6.07, 6.45) is 1.34. The van der Waals surface area contributed by atoms with Gasteiger partial charge in [-0.05, 0) is 35.2 Å². The Bertz CT molecular complexity index is 777. The van der Waals surface area contributed by atoms with Gasteiger partial charge in [0, 0.05) is 5.56 Å². The normalized spacial score (nSPS) is 11.4. The highest BCUT2D eigenvalue weighted by Crippen LogP contribution is 2.28. The van der Waals surface area contributed by atoms with Gasteiger partial charge in [0.1, 0.15) is 5.75 Å². The van der Waals surface area contributed by atoms with Gasteiger partial charge in [-0.1, -0.05) is 39.0 Å². The van der Waals surface area contributed by atoms with E-state index in [4.69, 9.17) is 9.47 Å². The van der Waals surface area contributed by atoms with Crippen molar-refractivity contribution in [1.82, 2.24) is 5.43 Å². The summed E-state index contributed by atoms with van der Waals surface area (Å²) in [6.45, 7) is 6.24. The fourth-order valence-corrected chi connectivity index (χ4v) is 2.21. The first kappa shape index (κ1) is 19.3. The third-order valence-corrected chi connectivity index (χ3v) is 3.73. The topological polar surface area (TPSA) is 80.2 Å². The minimum absolute atomic E-state index is 0.0387. The Labute approximate surface area is 153 Å². The fraction of sp³-hybridized carbons (Fsp3) is 0.300. The molecule has 0 radical (unpaired) electrons. The largest absolute Gasteiger partial charge is 0.504 e. The number of benzene rings is 2. The molecule has 0 aliphatic rings. The third-order valence-electron chi connectivity index (χ3n) is 3.73. The zero-order valence-electron chi connectivity index (χ0n) is 15.4. The molecule has 0 unspecified atom stereocenters. The number of nitrogens with zero attached hydrogens (tertiary/aromatic N) is 1. The van der Waals surface area contributed by atoms with E-state index in [1.165, 1.54) is 18.9 Å². The van der Waals surface area contributed by atoms with Crippen LogP contribution in [0.2, 0.25) is 0 Å². The predicted molar refractivity (Wildman–Crippen MR) is 101 cm³/mol. The smallest absolute Gasteiger partial charge is 0.277 e. The number of methoxy groups -OCH3 is 1. The van der Waals surface area contributed by atoms with Crippen molar-refractivity contribution in [2.45, 2.75) is 26.2 Å². The highest BCUT2D eigenvalue weighted by molar-refractivity contribution is 5.86. The van der Waals surface area contributed by atoms with Crippen LogP contribution in [0, 0.1) is 0 Å². The van der Waals surface area contributed by atoms with Gasteiger partial charge < -0.3 is 14.6 Å². The molecule has 6 heteroatoms. The molecule has 2 rings (SSSR count). The zero-order valence-corrected chi connectivity index (χ0v) is 15.4. The number of phenols is 1. The number of hydrogen-bond donors (Lipinski definition) is 2. The maximum atomic E-state index is 11.8. The van der Waals surface area contributed by atoms with Gasteiger partial charge >= 0.3 is 0 Å². The molecule has 138 valence electrons. The molecule has 0 atom stereocenters. The highest BCUT2D eigenvalue weighted by atomic mass is 16.5. The van der Waals surface area contributed by atoms with Crippen molar-refractivity contribution in [3.05, 3.63) is 53.6 Å². The number of carbonyl (C=O) groups excluding carboxylic acids is 1. The predicted octanol–water partition coefficient (Wildman–Crippen LogP) is 3.23. The summed E-state index contributed by atoms with van der Waals surface area (Å²) in [6, 6.07) is 12.6. The van der Waals surface area contributed by atoms with Crippen molar-refractivity contribution in [3.63, 3.8) is 0 Å². The van der Waals surface area contributed by atoms with Crippen LogP contribution in [0.5, 0.6) is 17.2 Å². The molecule has 0 fully saturated rings. The molecule has 0 saturated carbocycles. The van der Waals surface area contributed by atoms with E-state index >= 15 is 0 Å². The molecule has 2 aromatic carbocycles. The van der Waals surface area contributed by atoms with Crippen LogP contribution in [0.15, 0.2) is 47.6 Å². The number of para-hydroxylation sites is 1. The Morgan fingerprint density at radius 1 is 1.19 bits per heavy atom. The van der Waals surface area contributed by atoms with Crippen LogP contribution in [0.3, 0.4) is 0 Å². The Balaban J connectivity index is 1.86. The number of hydrogen-bond acceptors (Lipinski definition) is 5. The van der Waals surface area contributed by atoms with Gasteiger partial charge in [-0.15, -0.1) is 0 Å². The summed E-state index contributed by atoms with van der Waals surface area (Å²) in [7, 11) is 1.46. The maximum Gasteiger partial charge on any atom is 0.277 e. The number of hydrazone groups is 1. The number of amides is 1. The molecule has 1 amide bonds. The standard InChI is InChI=1S/C20H24N2O4/c1-20(2,3)15-8-10-16(11-9-15)26-13-18(23)22-21-12-14-6-5-7-17(25-4)19(14)24/h5-12,24H,13H2,1-4H3,(H,22,23)/b21-12-. The van der Waals surface area contributed by atoms with Crippen LogP contribution < -0.4 is 14.9 Å². The Kier molecular flexibility index (Phi) is 6.22. The van der Waals surface area contributed by atoms with Crippen LogP contribution in [0.25, 0.3) is 0 Å². The molecule has 2 aromatic rings. The Morgan fingerprint density at radius 3 is 2.50 bits per heavy atom. The molecule has 0 heterocycles. The second kappa shape index (κ2) is 8.38. The lowest BCUT2D eigenvalue weighted by Gasteiger charge is -2.19. The second-order valence-electron chi connectivity index (χ2n) is 6.75. The van der Waals surface area contributed by atoms with E-state index in [-0.39, 0.29) is 17.8 Å². The van der Waals surface area contributed by atoms with Gasteiger partial charge in [0.05, 0.1) is 13.3 Å². The molecule has 0 aromatic heterocycles. The first-order valence-corrected chi connectivity index (χ1v) is 8.22. The average molecular weight is 356 g/mol. The lowest BCUT2D eigenvalue weighted by atomic mass is 9.87. The molecule has 2 N–H and O–H groups in total. The molecular formula is C20H24N2O4. The molecule has 0 bridgehead atoms. The fourth-order valence-electron chi connectivity index (χ4n) is 2.21. The quantitative estimate of drug-likeness (QED) is 0.615. The van der Waals surface area contributed by atoms with Crippen LogP contribution in [-0.4, -0.2) is 30.9 Å². The van der Waals surface area contributed by atoms with Crippen molar-refractivity contribution in [2.75, 3.05) is 13.7 Å². The summed E-state index contributed by atoms with van der Waals surface area (Å²) >= 11 is 0. The lowest BCUT2D eigenvalue weighted by Crippen LogP contribution is -2.24. The summed E-state index contributed by atoms with van der Waals surface area (Å²) in [5.41, 5.74) is 4.05. The van der Waals surface area contributed by atoms with Crippen molar-refractivity contribution >= 4 is 12.1 Å². The number of aromatic hydroxyl groups is 1. The number of nitrogens with one attached hydrogen (secondary N) is 1. The lowest BCUT2D eigenvalue weighted by molar-refractivity contribution is -0.123. The SMILES string of the molecule is COc1cccc(/C=N\NC(=O)COc2ccc(C(C)(C)C)cc2)c1O.